The Balaban J connectivity index is 1.78. The van der Waals surface area contributed by atoms with E-state index < -0.39 is 0 Å². The van der Waals surface area contributed by atoms with E-state index in [0.29, 0.717) is 0 Å². The predicted octanol–water partition coefficient (Wildman–Crippen LogP) is 4.10. The summed E-state index contributed by atoms with van der Waals surface area (Å²) < 4.78 is 0. The molecule has 0 amide bonds. The average molecular weight is 284 g/mol. The summed E-state index contributed by atoms with van der Waals surface area (Å²) in [5, 5.41) is 4.67. The second-order valence-corrected chi connectivity index (χ2v) is 6.55. The number of hydrogen-bond acceptors (Lipinski definition) is 3. The first kappa shape index (κ1) is 13.7. The molecule has 0 spiro atoms. The van der Waals surface area contributed by atoms with Crippen molar-refractivity contribution in [2.75, 3.05) is 0 Å². The van der Waals surface area contributed by atoms with Crippen LogP contribution in [0.25, 0.3) is 0 Å². The number of pyridine rings is 1. The molecule has 104 valence electrons. The van der Waals surface area contributed by atoms with E-state index in [1.54, 1.807) is 11.8 Å². The minimum atomic E-state index is 0.743. The van der Waals surface area contributed by atoms with Gasteiger partial charge in [0.15, 0.2) is 0 Å². The van der Waals surface area contributed by atoms with Crippen molar-refractivity contribution in [3.8, 4) is 0 Å². The van der Waals surface area contributed by atoms with Crippen LogP contribution in [0.3, 0.4) is 0 Å². The molecule has 0 radical (unpaired) electrons. The minimum Gasteiger partial charge on any atom is -0.310 e. The first-order valence-corrected chi connectivity index (χ1v) is 7.97. The third-order valence-corrected chi connectivity index (χ3v) is 4.46. The van der Waals surface area contributed by atoms with Crippen LogP contribution in [0.2, 0.25) is 0 Å². The van der Waals surface area contributed by atoms with E-state index in [0.717, 1.165) is 23.3 Å². The van der Waals surface area contributed by atoms with Crippen molar-refractivity contribution in [3.63, 3.8) is 0 Å². The molecular formula is C17H20N2S. The maximum absolute atomic E-state index is 4.62. The lowest BCUT2D eigenvalue weighted by molar-refractivity contribution is 0.680. The third-order valence-electron chi connectivity index (χ3n) is 3.42. The minimum absolute atomic E-state index is 0.743. The number of benzene rings is 1. The van der Waals surface area contributed by atoms with E-state index in [4.69, 9.17) is 0 Å². The topological polar surface area (TPSA) is 24.9 Å². The molecule has 1 aliphatic rings. The highest BCUT2D eigenvalue weighted by Crippen LogP contribution is 2.30. The lowest BCUT2D eigenvalue weighted by Crippen LogP contribution is -2.15. The van der Waals surface area contributed by atoms with E-state index in [1.165, 1.54) is 28.9 Å². The Labute approximate surface area is 125 Å². The van der Waals surface area contributed by atoms with Crippen LogP contribution in [0, 0.1) is 13.8 Å². The van der Waals surface area contributed by atoms with Crippen LogP contribution in [0.4, 0.5) is 0 Å². The van der Waals surface area contributed by atoms with Crippen LogP contribution in [0.1, 0.15) is 29.7 Å². The highest BCUT2D eigenvalue weighted by atomic mass is 32.2. The zero-order chi connectivity index (χ0) is 13.9. The van der Waals surface area contributed by atoms with Gasteiger partial charge < -0.3 is 5.32 Å². The quantitative estimate of drug-likeness (QED) is 0.894. The molecule has 0 bridgehead atoms. The molecule has 0 unspecified atom stereocenters. The molecule has 1 aromatic carbocycles. The highest BCUT2D eigenvalue weighted by molar-refractivity contribution is 7.99. The van der Waals surface area contributed by atoms with Crippen LogP contribution in [-0.4, -0.2) is 11.0 Å². The van der Waals surface area contributed by atoms with Gasteiger partial charge in [-0.3, -0.25) is 0 Å². The van der Waals surface area contributed by atoms with Crippen LogP contribution >= 0.6 is 11.8 Å². The Bertz CT molecular complexity index is 585. The molecule has 1 aliphatic carbocycles. The fourth-order valence-electron chi connectivity index (χ4n) is 2.26. The molecule has 0 aliphatic heterocycles. The maximum Gasteiger partial charge on any atom is 0.101 e. The second kappa shape index (κ2) is 5.98. The van der Waals surface area contributed by atoms with Gasteiger partial charge in [-0.25, -0.2) is 4.98 Å². The fourth-order valence-corrected chi connectivity index (χ4v) is 3.34. The van der Waals surface area contributed by atoms with Crippen molar-refractivity contribution in [2.45, 2.75) is 49.2 Å². The Hall–Kier alpha value is -1.32. The van der Waals surface area contributed by atoms with Gasteiger partial charge in [0.1, 0.15) is 5.03 Å². The standard InChI is InChI=1S/C17H20N2S/c1-12-9-13(2)19-17(10-12)20-16-6-4-3-5-14(16)11-18-15-7-8-15/h3-6,9-10,15,18H,7-8,11H2,1-2H3. The molecule has 0 atom stereocenters. The Kier molecular flexibility index (Phi) is 4.08. The summed E-state index contributed by atoms with van der Waals surface area (Å²) >= 11 is 1.76. The molecule has 0 saturated heterocycles. The number of aromatic nitrogens is 1. The van der Waals surface area contributed by atoms with Crippen molar-refractivity contribution in [1.82, 2.24) is 10.3 Å². The molecule has 1 heterocycles. The first-order chi connectivity index (χ1) is 9.70. The van der Waals surface area contributed by atoms with Crippen LogP contribution in [0.5, 0.6) is 0 Å². The van der Waals surface area contributed by atoms with Gasteiger partial charge in [0.2, 0.25) is 0 Å². The summed E-state index contributed by atoms with van der Waals surface area (Å²) in [6.07, 6.45) is 2.65. The molecule has 1 aromatic heterocycles. The normalized spacial score (nSPS) is 14.5. The van der Waals surface area contributed by atoms with Crippen molar-refractivity contribution >= 4 is 11.8 Å². The van der Waals surface area contributed by atoms with Gasteiger partial charge in [-0.05, 0) is 56.0 Å². The lowest BCUT2D eigenvalue weighted by atomic mass is 10.2. The van der Waals surface area contributed by atoms with Crippen molar-refractivity contribution in [2.24, 2.45) is 0 Å². The van der Waals surface area contributed by atoms with Gasteiger partial charge >= 0.3 is 0 Å². The van der Waals surface area contributed by atoms with Crippen LogP contribution in [-0.2, 0) is 6.54 Å². The van der Waals surface area contributed by atoms with Gasteiger partial charge in [-0.15, -0.1) is 0 Å². The maximum atomic E-state index is 4.62. The molecule has 3 heteroatoms. The number of rotatable bonds is 5. The summed E-state index contributed by atoms with van der Waals surface area (Å²) in [5.41, 5.74) is 3.72. The SMILES string of the molecule is Cc1cc(C)nc(Sc2ccccc2CNC2CC2)c1. The monoisotopic (exact) mass is 284 g/mol. The number of nitrogens with one attached hydrogen (secondary N) is 1. The van der Waals surface area contributed by atoms with Crippen LogP contribution in [0.15, 0.2) is 46.3 Å². The Morgan fingerprint density at radius 3 is 2.75 bits per heavy atom. The molecule has 2 nitrogen and oxygen atoms in total. The third kappa shape index (κ3) is 3.62. The summed E-state index contributed by atoms with van der Waals surface area (Å²) in [5.74, 6) is 0. The fraction of sp³-hybridized carbons (Fsp3) is 0.353. The van der Waals surface area contributed by atoms with Crippen molar-refractivity contribution in [3.05, 3.63) is 53.2 Å². The summed E-state index contributed by atoms with van der Waals surface area (Å²) in [7, 11) is 0. The van der Waals surface area contributed by atoms with Gasteiger partial charge in [0.25, 0.3) is 0 Å². The number of hydrogen-bond donors (Lipinski definition) is 1. The van der Waals surface area contributed by atoms with Crippen molar-refractivity contribution < 1.29 is 0 Å². The first-order valence-electron chi connectivity index (χ1n) is 7.15. The van der Waals surface area contributed by atoms with Gasteiger partial charge in [-0.2, -0.15) is 0 Å². The zero-order valence-electron chi connectivity index (χ0n) is 12.0. The Morgan fingerprint density at radius 2 is 2.00 bits per heavy atom. The predicted molar refractivity (Wildman–Crippen MR) is 84.1 cm³/mol. The van der Waals surface area contributed by atoms with Crippen molar-refractivity contribution in [1.29, 1.82) is 0 Å². The molecule has 1 saturated carbocycles. The molecule has 2 aromatic rings. The summed E-state index contributed by atoms with van der Waals surface area (Å²) in [6.45, 7) is 5.13. The van der Waals surface area contributed by atoms with E-state index >= 15 is 0 Å². The largest absolute Gasteiger partial charge is 0.310 e. The van der Waals surface area contributed by atoms with Gasteiger partial charge in [0.05, 0.1) is 0 Å². The molecule has 1 N–H and O–H groups in total. The second-order valence-electron chi connectivity index (χ2n) is 5.49. The zero-order valence-corrected chi connectivity index (χ0v) is 12.8. The Morgan fingerprint density at radius 1 is 1.20 bits per heavy atom. The summed E-state index contributed by atoms with van der Waals surface area (Å²) in [6, 6.07) is 13.6. The van der Waals surface area contributed by atoms with Gasteiger partial charge in [-0.1, -0.05) is 30.0 Å². The summed E-state index contributed by atoms with van der Waals surface area (Å²) in [4.78, 5) is 5.92. The highest BCUT2D eigenvalue weighted by Gasteiger charge is 2.20. The average Bonchev–Trinajstić information content (AvgIpc) is 3.20. The molecule has 3 rings (SSSR count). The molecular weight excluding hydrogens is 264 g/mol. The smallest absolute Gasteiger partial charge is 0.101 e. The molecule has 1 fully saturated rings. The number of nitrogens with zero attached hydrogens (tertiary/aromatic N) is 1. The van der Waals surface area contributed by atoms with Gasteiger partial charge in [0, 0.05) is 23.2 Å². The number of aryl methyl sites for hydroxylation is 2. The van der Waals surface area contributed by atoms with Crippen LogP contribution < -0.4 is 5.32 Å². The lowest BCUT2D eigenvalue weighted by Gasteiger charge is -2.10. The van der Waals surface area contributed by atoms with E-state index in [2.05, 4.69) is 60.5 Å². The van der Waals surface area contributed by atoms with E-state index in [1.807, 2.05) is 0 Å². The molecule has 20 heavy (non-hydrogen) atoms. The van der Waals surface area contributed by atoms with E-state index in [9.17, 15) is 0 Å². The van der Waals surface area contributed by atoms with E-state index in [-0.39, 0.29) is 0 Å².